The fourth-order valence-electron chi connectivity index (χ4n) is 3.35. The number of pyridine rings is 1. The predicted octanol–water partition coefficient (Wildman–Crippen LogP) is 1.70. The van der Waals surface area contributed by atoms with Crippen LogP contribution < -0.4 is 19.9 Å². The van der Waals surface area contributed by atoms with Crippen molar-refractivity contribution in [1.29, 1.82) is 5.26 Å². The summed E-state index contributed by atoms with van der Waals surface area (Å²) in [6, 6.07) is 13.3. The van der Waals surface area contributed by atoms with Crippen LogP contribution in [0.4, 0.5) is 5.82 Å². The number of H-pyrrole nitrogens is 1. The highest BCUT2D eigenvalue weighted by Gasteiger charge is 2.21. The first-order chi connectivity index (χ1) is 16.6. The molecular weight excluding hydrogens is 434 g/mol. The molecule has 3 N–H and O–H groups in total. The van der Waals surface area contributed by atoms with E-state index in [9.17, 15) is 10.1 Å². The summed E-state index contributed by atoms with van der Waals surface area (Å²) in [6.45, 7) is 0.384. The van der Waals surface area contributed by atoms with E-state index >= 15 is 0 Å². The Morgan fingerprint density at radius 3 is 2.85 bits per heavy atom. The number of ether oxygens (including phenoxy) is 1. The van der Waals surface area contributed by atoms with Crippen LogP contribution in [0.2, 0.25) is 0 Å². The van der Waals surface area contributed by atoms with Crippen LogP contribution in [-0.4, -0.2) is 38.2 Å². The van der Waals surface area contributed by atoms with Gasteiger partial charge in [-0.1, -0.05) is 18.2 Å². The number of hydrogen-bond donors (Lipinski definition) is 3. The lowest BCUT2D eigenvalue weighted by molar-refractivity contribution is -0.668. The Balaban J connectivity index is 1.45. The molecule has 170 valence electrons. The Morgan fingerprint density at radius 2 is 2.09 bits per heavy atom. The predicted molar refractivity (Wildman–Crippen MR) is 121 cm³/mol. The molecule has 4 rings (SSSR count). The van der Waals surface area contributed by atoms with Crippen LogP contribution >= 0.6 is 0 Å². The van der Waals surface area contributed by atoms with Gasteiger partial charge in [-0.25, -0.2) is 19.5 Å². The Morgan fingerprint density at radius 1 is 1.24 bits per heavy atom. The molecule has 11 heteroatoms. The number of para-hydroxylation sites is 1. The minimum absolute atomic E-state index is 0.364. The number of aromatic amines is 1. The number of rotatable bonds is 8. The summed E-state index contributed by atoms with van der Waals surface area (Å²) in [6.07, 6.45) is 4.65. The van der Waals surface area contributed by atoms with E-state index in [2.05, 4.69) is 41.9 Å². The largest absolute Gasteiger partial charge is 0.496 e. The lowest BCUT2D eigenvalue weighted by Crippen LogP contribution is -2.35. The number of hydrogen-bond acceptors (Lipinski definition) is 8. The maximum Gasteiger partial charge on any atom is 0.327 e. The third kappa shape index (κ3) is 4.81. The van der Waals surface area contributed by atoms with Crippen LogP contribution in [-0.2, 0) is 13.6 Å². The van der Waals surface area contributed by atoms with Gasteiger partial charge >= 0.3 is 5.82 Å². The summed E-state index contributed by atoms with van der Waals surface area (Å²) in [5.74, 6) is 2.07. The molecule has 0 saturated carbocycles. The van der Waals surface area contributed by atoms with Gasteiger partial charge in [0.2, 0.25) is 0 Å². The van der Waals surface area contributed by atoms with Gasteiger partial charge in [-0.2, -0.15) is 5.26 Å². The maximum atomic E-state index is 12.8. The number of carbonyl (C=O) groups is 1. The summed E-state index contributed by atoms with van der Waals surface area (Å²) in [7, 11) is 3.39. The van der Waals surface area contributed by atoms with Gasteiger partial charge in [0.05, 0.1) is 20.2 Å². The molecule has 34 heavy (non-hydrogen) atoms. The van der Waals surface area contributed by atoms with Crippen molar-refractivity contribution in [2.75, 3.05) is 12.4 Å². The number of aromatic nitrogens is 6. The Bertz CT molecular complexity index is 1330. The summed E-state index contributed by atoms with van der Waals surface area (Å²) in [4.78, 5) is 25.2. The molecule has 0 aliphatic heterocycles. The van der Waals surface area contributed by atoms with E-state index in [1.807, 2.05) is 11.6 Å². The first-order valence-corrected chi connectivity index (χ1v) is 10.3. The Kier molecular flexibility index (Phi) is 6.69. The third-order valence-electron chi connectivity index (χ3n) is 5.14. The highest BCUT2D eigenvalue weighted by Crippen LogP contribution is 2.24. The van der Waals surface area contributed by atoms with Crippen molar-refractivity contribution in [2.45, 2.75) is 12.6 Å². The van der Waals surface area contributed by atoms with Crippen LogP contribution in [0.5, 0.6) is 5.75 Å². The number of nitrogens with one attached hydrogen (secondary N) is 3. The van der Waals surface area contributed by atoms with E-state index in [0.29, 0.717) is 40.8 Å². The number of amides is 1. The van der Waals surface area contributed by atoms with Gasteiger partial charge in [-0.3, -0.25) is 4.79 Å². The highest BCUT2D eigenvalue weighted by atomic mass is 16.5. The van der Waals surface area contributed by atoms with Crippen molar-refractivity contribution in [3.8, 4) is 23.3 Å². The molecule has 0 aliphatic rings. The zero-order chi connectivity index (χ0) is 23.9. The molecule has 3 aromatic heterocycles. The molecule has 0 unspecified atom stereocenters. The van der Waals surface area contributed by atoms with Crippen molar-refractivity contribution in [2.24, 2.45) is 7.05 Å². The van der Waals surface area contributed by atoms with Gasteiger partial charge in [-0.15, -0.1) is 5.10 Å². The van der Waals surface area contributed by atoms with Gasteiger partial charge in [0, 0.05) is 28.6 Å². The summed E-state index contributed by atoms with van der Waals surface area (Å²) < 4.78 is 7.18. The van der Waals surface area contributed by atoms with E-state index < -0.39 is 11.9 Å². The van der Waals surface area contributed by atoms with Crippen LogP contribution in [0.3, 0.4) is 0 Å². The lowest BCUT2D eigenvalue weighted by Gasteiger charge is -2.15. The second-order valence-electron chi connectivity index (χ2n) is 7.21. The molecule has 1 atom stereocenters. The number of nitriles is 1. The van der Waals surface area contributed by atoms with Gasteiger partial charge in [0.1, 0.15) is 36.2 Å². The highest BCUT2D eigenvalue weighted by molar-refractivity contribution is 5.95. The number of nitrogens with zero attached hydrogens (tertiary/aromatic N) is 6. The number of anilines is 1. The molecule has 0 bridgehead atoms. The van der Waals surface area contributed by atoms with E-state index in [1.165, 1.54) is 19.6 Å². The standard InChI is InChI=1S/C23H21N9O2/c1-32-21(30-31-22(32)17-8-9-25-14-28-17)13-27-20-11-15(7-10-26-20)23(33)29-18(12-24)16-5-3-4-6-19(16)34-2/h3-11,14,18H,13H2,1-2H3,(H2,26,27,29,33)/p+1/t18-/m1/s1. The van der Waals surface area contributed by atoms with E-state index in [0.717, 1.165) is 5.82 Å². The number of benzene rings is 1. The number of methoxy groups -OCH3 is 1. The van der Waals surface area contributed by atoms with E-state index in [-0.39, 0.29) is 0 Å². The maximum absolute atomic E-state index is 12.8. The number of carbonyl (C=O) groups excluding carboxylic acids is 1. The van der Waals surface area contributed by atoms with Gasteiger partial charge in [-0.05, 0) is 24.3 Å². The Labute approximate surface area is 195 Å². The first-order valence-electron chi connectivity index (χ1n) is 10.3. The first kappa shape index (κ1) is 22.3. The fourth-order valence-corrected chi connectivity index (χ4v) is 3.35. The van der Waals surface area contributed by atoms with Crippen LogP contribution in [0.15, 0.2) is 61.2 Å². The molecule has 0 aliphatic carbocycles. The molecule has 4 aromatic rings. The van der Waals surface area contributed by atoms with Gasteiger partial charge in [0.15, 0.2) is 0 Å². The van der Waals surface area contributed by atoms with Gasteiger partial charge in [0.25, 0.3) is 11.7 Å². The topological polar surface area (TPSA) is 145 Å². The molecule has 0 spiro atoms. The fraction of sp³-hybridized carbons (Fsp3) is 0.174. The monoisotopic (exact) mass is 456 g/mol. The van der Waals surface area contributed by atoms with Crippen molar-refractivity contribution in [1.82, 2.24) is 30.5 Å². The minimum Gasteiger partial charge on any atom is -0.496 e. The molecule has 0 radical (unpaired) electrons. The van der Waals surface area contributed by atoms with Crippen molar-refractivity contribution in [3.63, 3.8) is 0 Å². The SMILES string of the molecule is COc1ccccc1[C@@H](C#N)NC(=O)c1ccnc(NCc2[nH]nc(-c3ccncn3)[n+]2C)c1. The molecule has 1 amide bonds. The molecule has 3 heterocycles. The minimum atomic E-state index is -0.863. The molecular formula is C23H22N9O2+. The molecule has 1 aromatic carbocycles. The van der Waals surface area contributed by atoms with Crippen LogP contribution in [0, 0.1) is 11.3 Å². The van der Waals surface area contributed by atoms with E-state index in [4.69, 9.17) is 4.74 Å². The third-order valence-corrected chi connectivity index (χ3v) is 5.14. The second kappa shape index (κ2) is 10.2. The zero-order valence-corrected chi connectivity index (χ0v) is 18.6. The molecule has 0 fully saturated rings. The van der Waals surface area contributed by atoms with Crippen LogP contribution in [0.1, 0.15) is 27.8 Å². The molecule has 11 nitrogen and oxygen atoms in total. The average Bonchev–Trinajstić information content (AvgIpc) is 3.26. The normalized spacial score (nSPS) is 11.3. The smallest absolute Gasteiger partial charge is 0.327 e. The van der Waals surface area contributed by atoms with Crippen molar-refractivity contribution in [3.05, 3.63) is 78.1 Å². The summed E-state index contributed by atoms with van der Waals surface area (Å²) >= 11 is 0. The van der Waals surface area contributed by atoms with Gasteiger partial charge < -0.3 is 15.4 Å². The Hall–Kier alpha value is -4.85. The van der Waals surface area contributed by atoms with Crippen molar-refractivity contribution < 1.29 is 14.1 Å². The second-order valence-corrected chi connectivity index (χ2v) is 7.21. The van der Waals surface area contributed by atoms with Crippen LogP contribution in [0.25, 0.3) is 11.5 Å². The molecule has 0 saturated heterocycles. The average molecular weight is 456 g/mol. The van der Waals surface area contributed by atoms with E-state index in [1.54, 1.807) is 48.7 Å². The summed E-state index contributed by atoms with van der Waals surface area (Å²) in [5.41, 5.74) is 1.64. The quantitative estimate of drug-likeness (QED) is 0.340. The lowest BCUT2D eigenvalue weighted by atomic mass is 10.1. The zero-order valence-electron chi connectivity index (χ0n) is 18.6. The summed E-state index contributed by atoms with van der Waals surface area (Å²) in [5, 5.41) is 22.8. The van der Waals surface area contributed by atoms with Crippen molar-refractivity contribution >= 4 is 11.7 Å².